The number of benzene rings is 1. The van der Waals surface area contributed by atoms with Gasteiger partial charge in [-0.1, -0.05) is 6.07 Å². The van der Waals surface area contributed by atoms with E-state index < -0.39 is 12.1 Å². The summed E-state index contributed by atoms with van der Waals surface area (Å²) in [6.07, 6.45) is -3.96. The number of carbonyl (C=O) groups excluding carboxylic acids is 1. The van der Waals surface area contributed by atoms with Crippen molar-refractivity contribution in [3.63, 3.8) is 0 Å². The largest absolute Gasteiger partial charge is 0.496 e. The third-order valence-electron chi connectivity index (χ3n) is 3.55. The van der Waals surface area contributed by atoms with Gasteiger partial charge in [0.25, 0.3) is 0 Å². The summed E-state index contributed by atoms with van der Waals surface area (Å²) in [7, 11) is 1.56. The zero-order chi connectivity index (χ0) is 14.9. The molecule has 1 heterocycles. The van der Waals surface area contributed by atoms with Gasteiger partial charge in [0.1, 0.15) is 5.75 Å². The molecule has 1 aliphatic rings. The third kappa shape index (κ3) is 2.89. The van der Waals surface area contributed by atoms with Gasteiger partial charge in [0.05, 0.1) is 7.11 Å². The van der Waals surface area contributed by atoms with Crippen LogP contribution in [0.3, 0.4) is 0 Å². The molecule has 1 amide bonds. The molecule has 0 spiro atoms. The summed E-state index contributed by atoms with van der Waals surface area (Å²) >= 11 is 0. The first-order chi connectivity index (χ1) is 9.32. The van der Waals surface area contributed by atoms with E-state index in [9.17, 15) is 18.0 Å². The van der Waals surface area contributed by atoms with Crippen molar-refractivity contribution >= 4 is 5.91 Å². The van der Waals surface area contributed by atoms with E-state index in [1.807, 2.05) is 19.1 Å². The van der Waals surface area contributed by atoms with Crippen molar-refractivity contribution in [2.45, 2.75) is 25.9 Å². The highest BCUT2D eigenvalue weighted by Crippen LogP contribution is 2.27. The molecule has 0 saturated carbocycles. The molecule has 0 bridgehead atoms. The Hall–Kier alpha value is -1.72. The monoisotopic (exact) mass is 287 g/mol. The molecule has 20 heavy (non-hydrogen) atoms. The molecule has 0 atom stereocenters. The zero-order valence-corrected chi connectivity index (χ0v) is 11.4. The highest BCUT2D eigenvalue weighted by atomic mass is 19.4. The maximum atomic E-state index is 12.5. The molecule has 0 aromatic heterocycles. The summed E-state index contributed by atoms with van der Waals surface area (Å²) in [5.41, 5.74) is 2.88. The van der Waals surface area contributed by atoms with Gasteiger partial charge < -0.3 is 9.64 Å². The van der Waals surface area contributed by atoms with E-state index in [2.05, 4.69) is 0 Å². The average molecular weight is 287 g/mol. The van der Waals surface area contributed by atoms with Crippen molar-refractivity contribution < 1.29 is 22.7 Å². The summed E-state index contributed by atoms with van der Waals surface area (Å²) in [6.45, 7) is 2.07. The maximum absolute atomic E-state index is 12.5. The van der Waals surface area contributed by atoms with Crippen molar-refractivity contribution in [1.82, 2.24) is 4.90 Å². The van der Waals surface area contributed by atoms with Crippen LogP contribution in [0.1, 0.15) is 16.7 Å². The van der Waals surface area contributed by atoms with E-state index in [1.54, 1.807) is 7.11 Å². The smallest absolute Gasteiger partial charge is 0.471 e. The highest BCUT2D eigenvalue weighted by molar-refractivity contribution is 5.82. The molecule has 1 aliphatic heterocycles. The van der Waals surface area contributed by atoms with Crippen LogP contribution in [0.15, 0.2) is 12.1 Å². The molecule has 0 saturated heterocycles. The van der Waals surface area contributed by atoms with Gasteiger partial charge in [0, 0.05) is 13.1 Å². The van der Waals surface area contributed by atoms with Crippen LogP contribution in [0.5, 0.6) is 5.75 Å². The van der Waals surface area contributed by atoms with Crippen LogP contribution in [0, 0.1) is 6.92 Å². The number of amides is 1. The number of nitrogens with zero attached hydrogens (tertiary/aromatic N) is 1. The third-order valence-corrected chi connectivity index (χ3v) is 3.55. The number of ether oxygens (including phenoxy) is 1. The van der Waals surface area contributed by atoms with Gasteiger partial charge in [-0.15, -0.1) is 0 Å². The normalized spacial score (nSPS) is 15.6. The van der Waals surface area contributed by atoms with Crippen molar-refractivity contribution in [2.24, 2.45) is 0 Å². The van der Waals surface area contributed by atoms with Crippen LogP contribution >= 0.6 is 0 Å². The summed E-state index contributed by atoms with van der Waals surface area (Å²) in [5, 5.41) is 0. The average Bonchev–Trinajstić information content (AvgIpc) is 2.58. The predicted molar refractivity (Wildman–Crippen MR) is 67.8 cm³/mol. The number of halogens is 3. The molecule has 3 nitrogen and oxygen atoms in total. The van der Waals surface area contributed by atoms with Crippen molar-refractivity contribution in [1.29, 1.82) is 0 Å². The Labute approximate surface area is 115 Å². The van der Waals surface area contributed by atoms with Crippen LogP contribution < -0.4 is 4.74 Å². The second kappa shape index (κ2) is 5.34. The fourth-order valence-electron chi connectivity index (χ4n) is 2.48. The molecule has 0 unspecified atom stereocenters. The number of alkyl halides is 3. The fraction of sp³-hybridized carbons (Fsp3) is 0.500. The van der Waals surface area contributed by atoms with Crippen molar-refractivity contribution in [2.75, 3.05) is 20.2 Å². The predicted octanol–water partition coefficient (Wildman–Crippen LogP) is 2.49. The lowest BCUT2D eigenvalue weighted by Gasteiger charge is -2.21. The summed E-state index contributed by atoms with van der Waals surface area (Å²) in [5.74, 6) is -1.03. The van der Waals surface area contributed by atoms with Gasteiger partial charge in [-0.3, -0.25) is 4.79 Å². The lowest BCUT2D eigenvalue weighted by molar-refractivity contribution is -0.185. The Bertz CT molecular complexity index is 526. The van der Waals surface area contributed by atoms with Crippen LogP contribution in [-0.2, 0) is 17.6 Å². The molecule has 0 fully saturated rings. The SMILES string of the molecule is COc1cc2c(cc1C)CCN(C(=O)C(F)(F)F)CC2. The lowest BCUT2D eigenvalue weighted by Crippen LogP contribution is -2.42. The van der Waals surface area contributed by atoms with Gasteiger partial charge in [-0.05, 0) is 42.5 Å². The number of rotatable bonds is 1. The second-order valence-corrected chi connectivity index (χ2v) is 4.88. The van der Waals surface area contributed by atoms with E-state index in [0.29, 0.717) is 12.8 Å². The standard InChI is InChI=1S/C14H16F3NO2/c1-9-7-10-3-5-18(13(19)14(15,16)17)6-4-11(10)8-12(9)20-2/h7-8H,3-6H2,1-2H3. The van der Waals surface area contributed by atoms with E-state index in [4.69, 9.17) is 4.74 Å². The molecular weight excluding hydrogens is 271 g/mol. The summed E-state index contributed by atoms with van der Waals surface area (Å²) in [4.78, 5) is 12.2. The van der Waals surface area contributed by atoms with E-state index >= 15 is 0 Å². The molecule has 1 aromatic rings. The van der Waals surface area contributed by atoms with Crippen LogP contribution in [0.2, 0.25) is 0 Å². The number of methoxy groups -OCH3 is 1. The topological polar surface area (TPSA) is 29.5 Å². The molecule has 2 rings (SSSR count). The van der Waals surface area contributed by atoms with Gasteiger partial charge in [-0.2, -0.15) is 13.2 Å². The van der Waals surface area contributed by atoms with Crippen LogP contribution in [0.25, 0.3) is 0 Å². The Morgan fingerprint density at radius 2 is 1.75 bits per heavy atom. The number of carbonyl (C=O) groups is 1. The van der Waals surface area contributed by atoms with E-state index in [0.717, 1.165) is 27.3 Å². The van der Waals surface area contributed by atoms with E-state index in [-0.39, 0.29) is 13.1 Å². The van der Waals surface area contributed by atoms with Gasteiger partial charge >= 0.3 is 12.1 Å². The molecular formula is C14H16F3NO2. The maximum Gasteiger partial charge on any atom is 0.471 e. The van der Waals surface area contributed by atoms with Gasteiger partial charge in [0.15, 0.2) is 0 Å². The van der Waals surface area contributed by atoms with Crippen LogP contribution in [-0.4, -0.2) is 37.2 Å². The Morgan fingerprint density at radius 1 is 1.20 bits per heavy atom. The quantitative estimate of drug-likeness (QED) is 0.794. The number of hydrogen-bond donors (Lipinski definition) is 0. The minimum Gasteiger partial charge on any atom is -0.496 e. The lowest BCUT2D eigenvalue weighted by atomic mass is 10.00. The minimum absolute atomic E-state index is 0.0809. The zero-order valence-electron chi connectivity index (χ0n) is 11.4. The number of aryl methyl sites for hydroxylation is 1. The Kier molecular flexibility index (Phi) is 3.92. The Morgan fingerprint density at radius 3 is 2.25 bits per heavy atom. The van der Waals surface area contributed by atoms with Gasteiger partial charge in [-0.25, -0.2) is 0 Å². The van der Waals surface area contributed by atoms with Crippen molar-refractivity contribution in [3.8, 4) is 5.75 Å². The first-order valence-corrected chi connectivity index (χ1v) is 6.35. The fourth-order valence-corrected chi connectivity index (χ4v) is 2.48. The van der Waals surface area contributed by atoms with E-state index in [1.165, 1.54) is 0 Å². The molecule has 0 aliphatic carbocycles. The summed E-state index contributed by atoms with van der Waals surface area (Å²) < 4.78 is 42.6. The molecule has 110 valence electrons. The molecule has 0 N–H and O–H groups in total. The highest BCUT2D eigenvalue weighted by Gasteiger charge is 2.42. The first kappa shape index (κ1) is 14.7. The van der Waals surface area contributed by atoms with Crippen molar-refractivity contribution in [3.05, 3.63) is 28.8 Å². The number of fused-ring (bicyclic) bond motifs is 1. The molecule has 0 radical (unpaired) electrons. The second-order valence-electron chi connectivity index (χ2n) is 4.88. The summed E-state index contributed by atoms with van der Waals surface area (Å²) in [6, 6.07) is 3.78. The van der Waals surface area contributed by atoms with Gasteiger partial charge in [0.2, 0.25) is 0 Å². The minimum atomic E-state index is -4.80. The molecule has 6 heteroatoms. The Balaban J connectivity index is 2.21. The number of hydrogen-bond acceptors (Lipinski definition) is 2. The first-order valence-electron chi connectivity index (χ1n) is 6.35. The molecule has 1 aromatic carbocycles. The van der Waals surface area contributed by atoms with Crippen LogP contribution in [0.4, 0.5) is 13.2 Å².